The minimum atomic E-state index is -0.428. The molecule has 0 bridgehead atoms. The number of thioether (sulfide) groups is 1. The molecule has 1 aliphatic rings. The molecule has 6 nitrogen and oxygen atoms in total. The molecule has 0 unspecified atom stereocenters. The zero-order valence-corrected chi connectivity index (χ0v) is 16.3. The van der Waals surface area contributed by atoms with E-state index in [1.54, 1.807) is 47.9 Å². The van der Waals surface area contributed by atoms with Gasteiger partial charge in [-0.15, -0.1) is 11.3 Å². The van der Waals surface area contributed by atoms with Gasteiger partial charge in [-0.25, -0.2) is 9.37 Å². The summed E-state index contributed by atoms with van der Waals surface area (Å²) in [5, 5.41) is 6.73. The first-order valence-electron chi connectivity index (χ1n) is 8.36. The summed E-state index contributed by atoms with van der Waals surface area (Å²) in [6, 6.07) is 12.6. The monoisotopic (exact) mass is 425 g/mol. The molecule has 0 saturated carbocycles. The topological polar surface area (TPSA) is 88.2 Å². The van der Waals surface area contributed by atoms with Crippen LogP contribution in [-0.2, 0) is 4.79 Å². The van der Waals surface area contributed by atoms with Crippen molar-refractivity contribution in [1.29, 1.82) is 0 Å². The molecule has 1 saturated heterocycles. The van der Waals surface area contributed by atoms with Crippen molar-refractivity contribution in [1.82, 2.24) is 10.3 Å². The summed E-state index contributed by atoms with van der Waals surface area (Å²) in [5.41, 5.74) is 2.52. The Morgan fingerprint density at radius 2 is 1.79 bits per heavy atom. The van der Waals surface area contributed by atoms with Crippen LogP contribution in [0.15, 0.2) is 58.8 Å². The van der Waals surface area contributed by atoms with Crippen LogP contribution in [0.4, 0.5) is 14.3 Å². The predicted molar refractivity (Wildman–Crippen MR) is 111 cm³/mol. The Kier molecular flexibility index (Phi) is 5.24. The average molecular weight is 425 g/mol. The molecule has 2 aromatic carbocycles. The van der Waals surface area contributed by atoms with Gasteiger partial charge in [0.05, 0.1) is 10.6 Å². The molecule has 3 aromatic rings. The first kappa shape index (κ1) is 19.0. The normalized spacial score (nSPS) is 14.9. The lowest BCUT2D eigenvalue weighted by Crippen LogP contribution is -2.17. The Bertz CT molecular complexity index is 1140. The van der Waals surface area contributed by atoms with Crippen molar-refractivity contribution in [2.75, 3.05) is 5.32 Å². The van der Waals surface area contributed by atoms with Crippen LogP contribution in [0.25, 0.3) is 17.3 Å². The third kappa shape index (κ3) is 4.41. The molecule has 0 spiro atoms. The summed E-state index contributed by atoms with van der Waals surface area (Å²) in [4.78, 5) is 39.9. The van der Waals surface area contributed by atoms with Gasteiger partial charge in [-0.2, -0.15) is 0 Å². The molecule has 1 aromatic heterocycles. The first-order valence-corrected chi connectivity index (χ1v) is 10.1. The lowest BCUT2D eigenvalue weighted by Gasteiger charge is -2.03. The fourth-order valence-corrected chi connectivity index (χ4v) is 3.95. The van der Waals surface area contributed by atoms with Crippen LogP contribution in [0, 0.1) is 5.82 Å². The SMILES string of the molecule is O=C1NC(=O)/C(=C/c2ccc(C(=O)Nc3nc(-c4ccc(F)cc4)cs3)cc2)S1. The molecule has 3 amide bonds. The van der Waals surface area contributed by atoms with E-state index in [1.165, 1.54) is 23.5 Å². The molecule has 2 N–H and O–H groups in total. The number of aromatic nitrogens is 1. The van der Waals surface area contributed by atoms with E-state index >= 15 is 0 Å². The van der Waals surface area contributed by atoms with Crippen LogP contribution >= 0.6 is 23.1 Å². The number of nitrogens with one attached hydrogen (secondary N) is 2. The molecular weight excluding hydrogens is 413 g/mol. The number of hydrogen-bond acceptors (Lipinski definition) is 6. The molecule has 1 fully saturated rings. The second-order valence-corrected chi connectivity index (χ2v) is 7.85. The summed E-state index contributed by atoms with van der Waals surface area (Å²) in [6.45, 7) is 0. The van der Waals surface area contributed by atoms with Crippen LogP contribution < -0.4 is 10.6 Å². The lowest BCUT2D eigenvalue weighted by molar-refractivity contribution is -0.115. The van der Waals surface area contributed by atoms with Gasteiger partial charge < -0.3 is 0 Å². The highest BCUT2D eigenvalue weighted by molar-refractivity contribution is 8.18. The fraction of sp³-hybridized carbons (Fsp3) is 0. The zero-order valence-electron chi connectivity index (χ0n) is 14.6. The van der Waals surface area contributed by atoms with Crippen LogP contribution in [0.1, 0.15) is 15.9 Å². The van der Waals surface area contributed by atoms with E-state index in [4.69, 9.17) is 0 Å². The van der Waals surface area contributed by atoms with E-state index in [0.717, 1.165) is 17.3 Å². The molecule has 1 aliphatic heterocycles. The van der Waals surface area contributed by atoms with Crippen LogP contribution in [0.3, 0.4) is 0 Å². The quantitative estimate of drug-likeness (QED) is 0.600. The lowest BCUT2D eigenvalue weighted by atomic mass is 10.1. The van der Waals surface area contributed by atoms with Gasteiger partial charge in [0.1, 0.15) is 5.82 Å². The summed E-state index contributed by atoms with van der Waals surface area (Å²) >= 11 is 2.11. The van der Waals surface area contributed by atoms with Gasteiger partial charge in [0.25, 0.3) is 17.1 Å². The highest BCUT2D eigenvalue weighted by Crippen LogP contribution is 2.27. The number of benzene rings is 2. The maximum absolute atomic E-state index is 13.0. The van der Waals surface area contributed by atoms with Gasteiger partial charge in [0.15, 0.2) is 5.13 Å². The minimum Gasteiger partial charge on any atom is -0.298 e. The molecule has 29 heavy (non-hydrogen) atoms. The molecule has 4 rings (SSSR count). The van der Waals surface area contributed by atoms with Crippen molar-refractivity contribution >= 4 is 51.4 Å². The van der Waals surface area contributed by atoms with Crippen molar-refractivity contribution in [2.45, 2.75) is 0 Å². The van der Waals surface area contributed by atoms with E-state index in [-0.39, 0.29) is 11.7 Å². The summed E-state index contributed by atoms with van der Waals surface area (Å²) in [6.07, 6.45) is 1.59. The smallest absolute Gasteiger partial charge is 0.290 e. The Hall–Kier alpha value is -3.30. The summed E-state index contributed by atoms with van der Waals surface area (Å²) in [5.74, 6) is -1.08. The Morgan fingerprint density at radius 3 is 2.45 bits per heavy atom. The van der Waals surface area contributed by atoms with Crippen molar-refractivity contribution in [2.24, 2.45) is 0 Å². The molecule has 2 heterocycles. The number of carbonyl (C=O) groups is 3. The van der Waals surface area contributed by atoms with Crippen molar-refractivity contribution in [3.05, 3.63) is 75.8 Å². The highest BCUT2D eigenvalue weighted by atomic mass is 32.2. The molecule has 9 heteroatoms. The fourth-order valence-electron chi connectivity index (χ4n) is 2.56. The Labute approximate surface area is 172 Å². The number of hydrogen-bond donors (Lipinski definition) is 2. The highest BCUT2D eigenvalue weighted by Gasteiger charge is 2.24. The first-order chi connectivity index (χ1) is 14.0. The molecule has 0 radical (unpaired) electrons. The molecule has 144 valence electrons. The van der Waals surface area contributed by atoms with E-state index < -0.39 is 11.1 Å². The van der Waals surface area contributed by atoms with Crippen LogP contribution in [0.5, 0.6) is 0 Å². The van der Waals surface area contributed by atoms with Crippen molar-refractivity contribution < 1.29 is 18.8 Å². The molecule has 0 aliphatic carbocycles. The number of anilines is 1. The number of halogens is 1. The van der Waals surface area contributed by atoms with Gasteiger partial charge in [-0.05, 0) is 59.8 Å². The maximum Gasteiger partial charge on any atom is 0.290 e. The van der Waals surface area contributed by atoms with Gasteiger partial charge >= 0.3 is 0 Å². The number of nitrogens with zero attached hydrogens (tertiary/aromatic N) is 1. The zero-order chi connectivity index (χ0) is 20.4. The standard InChI is InChI=1S/C20H12FN3O3S2/c21-14-7-5-12(6-8-14)15-10-28-19(22-15)23-17(25)13-3-1-11(2-4-13)9-16-18(26)24-20(27)29-16/h1-10H,(H,22,23,25)(H,24,26,27)/b16-9-. The van der Waals surface area contributed by atoms with Crippen LogP contribution in [-0.4, -0.2) is 22.0 Å². The van der Waals surface area contributed by atoms with Gasteiger partial charge in [0, 0.05) is 16.5 Å². The number of rotatable bonds is 4. The van der Waals surface area contributed by atoms with Crippen molar-refractivity contribution in [3.8, 4) is 11.3 Å². The Balaban J connectivity index is 1.44. The van der Waals surface area contributed by atoms with Gasteiger partial charge in [-0.1, -0.05) is 12.1 Å². The predicted octanol–water partition coefficient (Wildman–Crippen LogP) is 4.53. The summed E-state index contributed by atoms with van der Waals surface area (Å²) < 4.78 is 13.0. The number of imide groups is 1. The van der Waals surface area contributed by atoms with Gasteiger partial charge in [0.2, 0.25) is 0 Å². The minimum absolute atomic E-state index is 0.309. The van der Waals surface area contributed by atoms with E-state index in [2.05, 4.69) is 15.6 Å². The van der Waals surface area contributed by atoms with E-state index in [1.807, 2.05) is 0 Å². The third-order valence-electron chi connectivity index (χ3n) is 3.98. The third-order valence-corrected chi connectivity index (χ3v) is 5.55. The number of amides is 3. The second kappa shape index (κ2) is 7.98. The Morgan fingerprint density at radius 1 is 1.07 bits per heavy atom. The van der Waals surface area contributed by atoms with E-state index in [9.17, 15) is 18.8 Å². The average Bonchev–Trinajstić information content (AvgIpc) is 3.29. The largest absolute Gasteiger partial charge is 0.298 e. The maximum atomic E-state index is 13.0. The van der Waals surface area contributed by atoms with Crippen LogP contribution in [0.2, 0.25) is 0 Å². The number of carbonyl (C=O) groups excluding carboxylic acids is 3. The van der Waals surface area contributed by atoms with E-state index in [0.29, 0.717) is 26.9 Å². The second-order valence-electron chi connectivity index (χ2n) is 5.97. The van der Waals surface area contributed by atoms with Gasteiger partial charge in [-0.3, -0.25) is 25.0 Å². The van der Waals surface area contributed by atoms with Crippen molar-refractivity contribution in [3.63, 3.8) is 0 Å². The number of thiazole rings is 1. The molecule has 0 atom stereocenters. The summed E-state index contributed by atoms with van der Waals surface area (Å²) in [7, 11) is 0. The molecular formula is C20H12FN3O3S2.